The standard InChI is InChI=1S/C18H18N6O3S/c1-12-7-13-10-19-22-18(13)16(8-12)28(26,27)23(2)11-17(25)21-14-4-6-24-15(9-14)3-5-20-24/h3-10H,11H2,1-2H3,(H,19,22)(H,21,25). The van der Waals surface area contributed by atoms with Crippen LogP contribution in [0.15, 0.2) is 53.8 Å². The number of rotatable bonds is 5. The predicted octanol–water partition coefficient (Wildman–Crippen LogP) is 1.78. The molecule has 0 saturated heterocycles. The molecule has 0 radical (unpaired) electrons. The minimum atomic E-state index is -3.88. The van der Waals surface area contributed by atoms with E-state index in [1.54, 1.807) is 47.4 Å². The van der Waals surface area contributed by atoms with Gasteiger partial charge in [0.2, 0.25) is 15.9 Å². The highest BCUT2D eigenvalue weighted by atomic mass is 32.2. The Morgan fingerprint density at radius 3 is 2.93 bits per heavy atom. The molecular formula is C18H18N6O3S. The largest absolute Gasteiger partial charge is 0.325 e. The van der Waals surface area contributed by atoms with Crippen LogP contribution in [0.25, 0.3) is 16.4 Å². The summed E-state index contributed by atoms with van der Waals surface area (Å²) in [7, 11) is -2.51. The summed E-state index contributed by atoms with van der Waals surface area (Å²) in [5.74, 6) is -0.441. The smallest absolute Gasteiger partial charge is 0.245 e. The molecule has 0 aliphatic rings. The molecule has 4 aromatic rings. The zero-order valence-electron chi connectivity index (χ0n) is 15.2. The van der Waals surface area contributed by atoms with Gasteiger partial charge in [-0.3, -0.25) is 9.89 Å². The van der Waals surface area contributed by atoms with Crippen molar-refractivity contribution in [2.24, 2.45) is 0 Å². The van der Waals surface area contributed by atoms with E-state index in [9.17, 15) is 13.2 Å². The van der Waals surface area contributed by atoms with E-state index in [1.807, 2.05) is 13.0 Å². The Bertz CT molecular complexity index is 1290. The molecule has 3 heterocycles. The van der Waals surface area contributed by atoms with Crippen LogP contribution in [-0.4, -0.2) is 52.0 Å². The average Bonchev–Trinajstić information content (AvgIpc) is 3.28. The Morgan fingerprint density at radius 2 is 2.11 bits per heavy atom. The normalized spacial score (nSPS) is 12.1. The fourth-order valence-electron chi connectivity index (χ4n) is 3.03. The number of carbonyl (C=O) groups is 1. The molecule has 144 valence electrons. The summed E-state index contributed by atoms with van der Waals surface area (Å²) in [6, 6.07) is 8.67. The van der Waals surface area contributed by atoms with Gasteiger partial charge in [-0.2, -0.15) is 14.5 Å². The lowest BCUT2D eigenvalue weighted by atomic mass is 10.2. The summed E-state index contributed by atoms with van der Waals surface area (Å²) in [6.07, 6.45) is 4.94. The number of hydrogen-bond donors (Lipinski definition) is 2. The molecule has 2 N–H and O–H groups in total. The van der Waals surface area contributed by atoms with E-state index in [0.717, 1.165) is 15.4 Å². The van der Waals surface area contributed by atoms with Crippen molar-refractivity contribution in [1.29, 1.82) is 0 Å². The SMILES string of the molecule is Cc1cc(S(=O)(=O)N(C)CC(=O)Nc2ccn3nccc3c2)c2[nH]ncc2c1. The van der Waals surface area contributed by atoms with E-state index in [1.165, 1.54) is 7.05 Å². The number of pyridine rings is 1. The first kappa shape index (κ1) is 18.1. The van der Waals surface area contributed by atoms with Gasteiger partial charge < -0.3 is 5.32 Å². The lowest BCUT2D eigenvalue weighted by Crippen LogP contribution is -2.35. The predicted molar refractivity (Wildman–Crippen MR) is 104 cm³/mol. The summed E-state index contributed by atoms with van der Waals surface area (Å²) in [5.41, 5.74) is 2.60. The van der Waals surface area contributed by atoms with Crippen LogP contribution in [0.5, 0.6) is 0 Å². The second-order valence-electron chi connectivity index (χ2n) is 6.52. The molecule has 1 aromatic carbocycles. The first-order chi connectivity index (χ1) is 13.3. The number of sulfonamides is 1. The number of amides is 1. The maximum Gasteiger partial charge on any atom is 0.245 e. The molecule has 0 aliphatic heterocycles. The number of aromatic nitrogens is 4. The third-order valence-electron chi connectivity index (χ3n) is 4.39. The lowest BCUT2D eigenvalue weighted by Gasteiger charge is -2.18. The number of anilines is 1. The molecule has 0 unspecified atom stereocenters. The number of hydrogen-bond acceptors (Lipinski definition) is 5. The molecule has 9 nitrogen and oxygen atoms in total. The van der Waals surface area contributed by atoms with Crippen molar-refractivity contribution in [3.05, 3.63) is 54.5 Å². The zero-order valence-corrected chi connectivity index (χ0v) is 16.1. The van der Waals surface area contributed by atoms with Crippen LogP contribution in [0.1, 0.15) is 5.56 Å². The summed E-state index contributed by atoms with van der Waals surface area (Å²) in [6.45, 7) is 1.49. The molecule has 4 rings (SSSR count). The first-order valence-corrected chi connectivity index (χ1v) is 9.92. The second-order valence-corrected chi connectivity index (χ2v) is 8.54. The summed E-state index contributed by atoms with van der Waals surface area (Å²) in [4.78, 5) is 12.5. The number of carbonyl (C=O) groups excluding carboxylic acids is 1. The number of nitrogens with zero attached hydrogens (tertiary/aromatic N) is 4. The van der Waals surface area contributed by atoms with Crippen molar-refractivity contribution < 1.29 is 13.2 Å². The van der Waals surface area contributed by atoms with Crippen molar-refractivity contribution >= 4 is 38.0 Å². The summed E-state index contributed by atoms with van der Waals surface area (Å²) >= 11 is 0. The van der Waals surface area contributed by atoms with Gasteiger partial charge in [-0.1, -0.05) is 0 Å². The number of benzene rings is 1. The Labute approximate surface area is 161 Å². The third-order valence-corrected chi connectivity index (χ3v) is 6.22. The topological polar surface area (TPSA) is 112 Å². The van der Waals surface area contributed by atoms with Crippen LogP contribution >= 0.6 is 0 Å². The van der Waals surface area contributed by atoms with Gasteiger partial charge in [-0.15, -0.1) is 0 Å². The van der Waals surface area contributed by atoms with Crippen LogP contribution in [0.3, 0.4) is 0 Å². The van der Waals surface area contributed by atoms with Crippen molar-refractivity contribution in [3.8, 4) is 0 Å². The van der Waals surface area contributed by atoms with Gasteiger partial charge in [0.15, 0.2) is 0 Å². The van der Waals surface area contributed by atoms with Gasteiger partial charge in [0, 0.05) is 30.5 Å². The molecule has 1 amide bonds. The van der Waals surface area contributed by atoms with E-state index in [2.05, 4.69) is 20.6 Å². The van der Waals surface area contributed by atoms with Crippen molar-refractivity contribution in [3.63, 3.8) is 0 Å². The molecule has 0 fully saturated rings. The van der Waals surface area contributed by atoms with Crippen LogP contribution < -0.4 is 5.32 Å². The minimum absolute atomic E-state index is 0.0935. The van der Waals surface area contributed by atoms with E-state index < -0.39 is 15.9 Å². The van der Waals surface area contributed by atoms with Crippen LogP contribution in [0.4, 0.5) is 5.69 Å². The number of aromatic amines is 1. The number of nitrogens with one attached hydrogen (secondary N) is 2. The fourth-order valence-corrected chi connectivity index (χ4v) is 4.41. The number of aryl methyl sites for hydroxylation is 1. The summed E-state index contributed by atoms with van der Waals surface area (Å²) in [5, 5.41) is 14.1. The molecule has 0 atom stereocenters. The molecule has 28 heavy (non-hydrogen) atoms. The van der Waals surface area contributed by atoms with Crippen LogP contribution in [0, 0.1) is 6.92 Å². The third kappa shape index (κ3) is 3.23. The highest BCUT2D eigenvalue weighted by Crippen LogP contribution is 2.25. The molecule has 0 aliphatic carbocycles. The Hall–Kier alpha value is -3.24. The van der Waals surface area contributed by atoms with E-state index >= 15 is 0 Å². The highest BCUT2D eigenvalue weighted by Gasteiger charge is 2.26. The van der Waals surface area contributed by atoms with Gasteiger partial charge in [0.25, 0.3) is 0 Å². The van der Waals surface area contributed by atoms with Gasteiger partial charge in [-0.05, 0) is 42.8 Å². The lowest BCUT2D eigenvalue weighted by molar-refractivity contribution is -0.116. The fraction of sp³-hybridized carbons (Fsp3) is 0.167. The monoisotopic (exact) mass is 398 g/mol. The Balaban J connectivity index is 1.55. The first-order valence-electron chi connectivity index (χ1n) is 8.48. The second kappa shape index (κ2) is 6.73. The van der Waals surface area contributed by atoms with Gasteiger partial charge >= 0.3 is 0 Å². The molecule has 0 saturated carbocycles. The highest BCUT2D eigenvalue weighted by molar-refractivity contribution is 7.89. The maximum absolute atomic E-state index is 13.0. The van der Waals surface area contributed by atoms with Crippen molar-refractivity contribution in [1.82, 2.24) is 24.1 Å². The Kier molecular flexibility index (Phi) is 4.36. The van der Waals surface area contributed by atoms with E-state index in [-0.39, 0.29) is 11.4 Å². The summed E-state index contributed by atoms with van der Waals surface area (Å²) < 4.78 is 28.7. The zero-order chi connectivity index (χ0) is 19.9. The van der Waals surface area contributed by atoms with Crippen LogP contribution in [-0.2, 0) is 14.8 Å². The average molecular weight is 398 g/mol. The minimum Gasteiger partial charge on any atom is -0.325 e. The Morgan fingerprint density at radius 1 is 1.29 bits per heavy atom. The van der Waals surface area contributed by atoms with Gasteiger partial charge in [0.1, 0.15) is 4.90 Å². The number of fused-ring (bicyclic) bond motifs is 2. The van der Waals surface area contributed by atoms with Crippen molar-refractivity contribution in [2.75, 3.05) is 18.9 Å². The van der Waals surface area contributed by atoms with Crippen LogP contribution in [0.2, 0.25) is 0 Å². The van der Waals surface area contributed by atoms with E-state index in [4.69, 9.17) is 0 Å². The van der Waals surface area contributed by atoms with Gasteiger partial charge in [0.05, 0.1) is 23.8 Å². The number of H-pyrrole nitrogens is 1. The van der Waals surface area contributed by atoms with Crippen molar-refractivity contribution in [2.45, 2.75) is 11.8 Å². The maximum atomic E-state index is 13.0. The molecule has 0 spiro atoms. The molecular weight excluding hydrogens is 380 g/mol. The van der Waals surface area contributed by atoms with Gasteiger partial charge in [-0.25, -0.2) is 12.9 Å². The molecule has 0 bridgehead atoms. The quantitative estimate of drug-likeness (QED) is 0.532. The van der Waals surface area contributed by atoms with E-state index in [0.29, 0.717) is 16.6 Å². The molecule has 10 heteroatoms. The number of likely N-dealkylation sites (N-methyl/N-ethyl adjacent to an activating group) is 1. The molecule has 3 aromatic heterocycles.